The Morgan fingerprint density at radius 1 is 1.30 bits per heavy atom. The predicted octanol–water partition coefficient (Wildman–Crippen LogP) is 3.24. The molecule has 0 aliphatic carbocycles. The summed E-state index contributed by atoms with van der Waals surface area (Å²) < 4.78 is 0. The molecule has 1 atom stereocenters. The van der Waals surface area contributed by atoms with Crippen molar-refractivity contribution in [3.8, 4) is 0 Å². The third-order valence-electron chi connectivity index (χ3n) is 3.62. The van der Waals surface area contributed by atoms with Crippen LogP contribution in [-0.2, 0) is 0 Å². The van der Waals surface area contributed by atoms with Crippen molar-refractivity contribution < 1.29 is 4.92 Å². The number of aromatic nitrogens is 1. The summed E-state index contributed by atoms with van der Waals surface area (Å²) in [4.78, 5) is 17.7. The van der Waals surface area contributed by atoms with E-state index in [2.05, 4.69) is 9.88 Å². The van der Waals surface area contributed by atoms with E-state index < -0.39 is 0 Å². The van der Waals surface area contributed by atoms with Gasteiger partial charge < -0.3 is 0 Å². The molecule has 1 aromatic carbocycles. The van der Waals surface area contributed by atoms with E-state index in [0.717, 1.165) is 36.5 Å². The first kappa shape index (κ1) is 13.2. The van der Waals surface area contributed by atoms with Gasteiger partial charge in [0.25, 0.3) is 5.69 Å². The minimum absolute atomic E-state index is 0.0981. The van der Waals surface area contributed by atoms with Crippen LogP contribution in [0.15, 0.2) is 35.8 Å². The highest BCUT2D eigenvalue weighted by Gasteiger charge is 2.31. The summed E-state index contributed by atoms with van der Waals surface area (Å²) in [5, 5.41) is 14.1. The zero-order valence-corrected chi connectivity index (χ0v) is 11.8. The number of nitro benzene ring substituents is 1. The summed E-state index contributed by atoms with van der Waals surface area (Å²) in [5.74, 6) is 0. The van der Waals surface area contributed by atoms with Gasteiger partial charge in [-0.3, -0.25) is 15.0 Å². The van der Waals surface area contributed by atoms with Gasteiger partial charge in [0.05, 0.1) is 16.5 Å². The topological polar surface area (TPSA) is 59.3 Å². The Hall–Kier alpha value is -1.79. The molecular formula is C14H15N3O2S. The van der Waals surface area contributed by atoms with Crippen LogP contribution >= 0.6 is 11.3 Å². The minimum Gasteiger partial charge on any atom is -0.290 e. The number of nitro groups is 1. The Kier molecular flexibility index (Phi) is 3.75. The van der Waals surface area contributed by atoms with Crippen molar-refractivity contribution >= 4 is 17.0 Å². The Morgan fingerprint density at radius 3 is 2.70 bits per heavy atom. The van der Waals surface area contributed by atoms with Gasteiger partial charge in [-0.05, 0) is 25.9 Å². The van der Waals surface area contributed by atoms with Gasteiger partial charge >= 0.3 is 0 Å². The summed E-state index contributed by atoms with van der Waals surface area (Å²) in [6, 6.07) is 6.90. The fraction of sp³-hybridized carbons (Fsp3) is 0.357. The van der Waals surface area contributed by atoms with E-state index >= 15 is 0 Å². The van der Waals surface area contributed by atoms with Crippen LogP contribution in [0.5, 0.6) is 0 Å². The number of hydrogen-bond acceptors (Lipinski definition) is 5. The second-order valence-electron chi connectivity index (χ2n) is 4.83. The Balaban J connectivity index is 2.07. The fourth-order valence-electron chi connectivity index (χ4n) is 2.74. The number of para-hydroxylation sites is 1. The van der Waals surface area contributed by atoms with Crippen LogP contribution < -0.4 is 0 Å². The molecule has 6 heteroatoms. The number of benzene rings is 1. The largest absolute Gasteiger partial charge is 0.290 e. The summed E-state index contributed by atoms with van der Waals surface area (Å²) in [5.41, 5.74) is 0.925. The summed E-state index contributed by atoms with van der Waals surface area (Å²) >= 11 is 1.56. The van der Waals surface area contributed by atoms with Gasteiger partial charge in [-0.15, -0.1) is 11.3 Å². The minimum atomic E-state index is -0.300. The second kappa shape index (κ2) is 5.68. The van der Waals surface area contributed by atoms with Gasteiger partial charge in [-0.25, -0.2) is 4.98 Å². The average Bonchev–Trinajstić information content (AvgIpc) is 3.13. The molecule has 3 rings (SSSR count). The highest BCUT2D eigenvalue weighted by molar-refractivity contribution is 7.09. The monoisotopic (exact) mass is 289 g/mol. The zero-order valence-electron chi connectivity index (χ0n) is 10.9. The SMILES string of the molecule is O=[N+]([O-])c1ccccc1C(c1nccs1)N1CCCC1. The van der Waals surface area contributed by atoms with Crippen molar-refractivity contribution in [3.05, 3.63) is 56.5 Å². The lowest BCUT2D eigenvalue weighted by Crippen LogP contribution is -2.27. The van der Waals surface area contributed by atoms with Crippen molar-refractivity contribution in [2.45, 2.75) is 18.9 Å². The first-order chi connectivity index (χ1) is 9.77. The number of hydrogen-bond donors (Lipinski definition) is 0. The smallest absolute Gasteiger partial charge is 0.274 e. The third-order valence-corrected chi connectivity index (χ3v) is 4.45. The van der Waals surface area contributed by atoms with Crippen molar-refractivity contribution in [1.82, 2.24) is 9.88 Å². The number of likely N-dealkylation sites (tertiary alicyclic amines) is 1. The number of thiazole rings is 1. The summed E-state index contributed by atoms with van der Waals surface area (Å²) in [6.45, 7) is 1.94. The molecule has 5 nitrogen and oxygen atoms in total. The molecule has 0 spiro atoms. The molecule has 1 aromatic heterocycles. The Morgan fingerprint density at radius 2 is 2.05 bits per heavy atom. The van der Waals surface area contributed by atoms with Gasteiger partial charge in [0.2, 0.25) is 0 Å². The summed E-state index contributed by atoms with van der Waals surface area (Å²) in [6.07, 6.45) is 4.04. The van der Waals surface area contributed by atoms with Crippen LogP contribution in [0.25, 0.3) is 0 Å². The van der Waals surface area contributed by atoms with E-state index in [-0.39, 0.29) is 16.7 Å². The van der Waals surface area contributed by atoms with E-state index in [4.69, 9.17) is 0 Å². The van der Waals surface area contributed by atoms with E-state index in [0.29, 0.717) is 0 Å². The molecule has 2 aromatic rings. The standard InChI is InChI=1S/C14H15N3O2S/c18-17(19)12-6-2-1-5-11(12)13(14-15-7-10-20-14)16-8-3-4-9-16/h1-2,5-7,10,13H,3-4,8-9H2. The Bertz CT molecular complexity index is 594. The van der Waals surface area contributed by atoms with Crippen molar-refractivity contribution in [2.24, 2.45) is 0 Å². The van der Waals surface area contributed by atoms with E-state index in [1.54, 1.807) is 29.7 Å². The third kappa shape index (κ3) is 2.44. The van der Waals surface area contributed by atoms with Crippen LogP contribution in [0.1, 0.15) is 29.5 Å². The molecule has 0 saturated carbocycles. The molecule has 1 unspecified atom stereocenters. The Labute approximate surface area is 121 Å². The maximum absolute atomic E-state index is 11.3. The normalized spacial score (nSPS) is 17.2. The lowest BCUT2D eigenvalue weighted by atomic mass is 10.0. The second-order valence-corrected chi connectivity index (χ2v) is 5.76. The van der Waals surface area contributed by atoms with Gasteiger partial charge in [0, 0.05) is 17.6 Å². The van der Waals surface area contributed by atoms with E-state index in [9.17, 15) is 10.1 Å². The average molecular weight is 289 g/mol. The maximum Gasteiger partial charge on any atom is 0.274 e. The lowest BCUT2D eigenvalue weighted by Gasteiger charge is -2.25. The summed E-state index contributed by atoms with van der Waals surface area (Å²) in [7, 11) is 0. The molecule has 0 amide bonds. The van der Waals surface area contributed by atoms with Crippen LogP contribution in [0.2, 0.25) is 0 Å². The fourth-order valence-corrected chi connectivity index (χ4v) is 3.53. The van der Waals surface area contributed by atoms with Crippen LogP contribution in [-0.4, -0.2) is 27.9 Å². The first-order valence-electron chi connectivity index (χ1n) is 6.64. The van der Waals surface area contributed by atoms with Gasteiger partial charge in [-0.2, -0.15) is 0 Å². The maximum atomic E-state index is 11.3. The molecule has 1 saturated heterocycles. The molecule has 0 N–H and O–H groups in total. The van der Waals surface area contributed by atoms with Crippen LogP contribution in [0.3, 0.4) is 0 Å². The van der Waals surface area contributed by atoms with Gasteiger partial charge in [0.15, 0.2) is 0 Å². The van der Waals surface area contributed by atoms with E-state index in [1.165, 1.54) is 0 Å². The molecule has 1 aliphatic heterocycles. The molecule has 0 bridgehead atoms. The predicted molar refractivity (Wildman–Crippen MR) is 77.9 cm³/mol. The molecule has 1 fully saturated rings. The first-order valence-corrected chi connectivity index (χ1v) is 7.52. The van der Waals surface area contributed by atoms with Crippen LogP contribution in [0.4, 0.5) is 5.69 Å². The van der Waals surface area contributed by atoms with Gasteiger partial charge in [-0.1, -0.05) is 18.2 Å². The quantitative estimate of drug-likeness (QED) is 0.640. The molecule has 0 radical (unpaired) electrons. The van der Waals surface area contributed by atoms with Crippen molar-refractivity contribution in [2.75, 3.05) is 13.1 Å². The number of rotatable bonds is 4. The molecule has 2 heterocycles. The number of nitrogens with zero attached hydrogens (tertiary/aromatic N) is 3. The van der Waals surface area contributed by atoms with Gasteiger partial charge in [0.1, 0.15) is 5.01 Å². The molecular weight excluding hydrogens is 274 g/mol. The van der Waals surface area contributed by atoms with Crippen molar-refractivity contribution in [3.63, 3.8) is 0 Å². The van der Waals surface area contributed by atoms with Crippen molar-refractivity contribution in [1.29, 1.82) is 0 Å². The lowest BCUT2D eigenvalue weighted by molar-refractivity contribution is -0.385. The molecule has 104 valence electrons. The highest BCUT2D eigenvalue weighted by Crippen LogP contribution is 2.37. The van der Waals surface area contributed by atoms with E-state index in [1.807, 2.05) is 17.5 Å². The molecule has 1 aliphatic rings. The zero-order chi connectivity index (χ0) is 13.9. The molecule has 20 heavy (non-hydrogen) atoms. The van der Waals surface area contributed by atoms with Crippen LogP contribution in [0, 0.1) is 10.1 Å². The highest BCUT2D eigenvalue weighted by atomic mass is 32.1.